The van der Waals surface area contributed by atoms with Crippen LogP contribution in [0.25, 0.3) is 0 Å². The lowest BCUT2D eigenvalue weighted by Gasteiger charge is -2.28. The van der Waals surface area contributed by atoms with E-state index in [2.05, 4.69) is 13.8 Å². The summed E-state index contributed by atoms with van der Waals surface area (Å²) in [4.78, 5) is 27.1. The highest BCUT2D eigenvalue weighted by atomic mass is 16.4. The first-order chi connectivity index (χ1) is 9.49. The largest absolute Gasteiger partial charge is 0.481 e. The molecule has 0 aliphatic carbocycles. The Morgan fingerprint density at radius 2 is 1.90 bits per heavy atom. The van der Waals surface area contributed by atoms with Crippen LogP contribution >= 0.6 is 0 Å². The Balaban J connectivity index is 1.89. The number of amides is 2. The fourth-order valence-electron chi connectivity index (χ4n) is 3.55. The van der Waals surface area contributed by atoms with Gasteiger partial charge in [0.25, 0.3) is 0 Å². The van der Waals surface area contributed by atoms with Gasteiger partial charge in [0.1, 0.15) is 0 Å². The molecule has 0 saturated carbocycles. The summed E-state index contributed by atoms with van der Waals surface area (Å²) in [7, 11) is 0. The van der Waals surface area contributed by atoms with Crippen molar-refractivity contribution in [3.8, 4) is 0 Å². The van der Waals surface area contributed by atoms with E-state index in [1.54, 1.807) is 0 Å². The Morgan fingerprint density at radius 3 is 2.45 bits per heavy atom. The number of carboxylic acid groups (broad SMARTS) is 1. The Bertz CT molecular complexity index is 379. The normalized spacial score (nSPS) is 25.2. The molecule has 1 unspecified atom stereocenters. The van der Waals surface area contributed by atoms with E-state index >= 15 is 0 Å². The van der Waals surface area contributed by atoms with Gasteiger partial charge in [-0.3, -0.25) is 4.79 Å². The molecule has 20 heavy (non-hydrogen) atoms. The molecule has 0 aromatic carbocycles. The summed E-state index contributed by atoms with van der Waals surface area (Å²) in [6.07, 6.45) is 4.33. The van der Waals surface area contributed by atoms with Crippen LogP contribution in [0.2, 0.25) is 0 Å². The van der Waals surface area contributed by atoms with Crippen molar-refractivity contribution in [1.82, 2.24) is 9.80 Å². The van der Waals surface area contributed by atoms with Gasteiger partial charge in [0, 0.05) is 32.6 Å². The average Bonchev–Trinajstić information content (AvgIpc) is 3.04. The summed E-state index contributed by atoms with van der Waals surface area (Å²) < 4.78 is 0. The van der Waals surface area contributed by atoms with Crippen molar-refractivity contribution in [3.63, 3.8) is 0 Å². The van der Waals surface area contributed by atoms with Crippen LogP contribution in [0.15, 0.2) is 0 Å². The summed E-state index contributed by atoms with van der Waals surface area (Å²) in [5.74, 6) is -0.636. The van der Waals surface area contributed by atoms with E-state index in [1.165, 1.54) is 0 Å². The van der Waals surface area contributed by atoms with Crippen LogP contribution in [-0.4, -0.2) is 53.1 Å². The summed E-state index contributed by atoms with van der Waals surface area (Å²) in [6, 6.07) is 0.113. The number of carbonyl (C=O) groups excluding carboxylic acids is 1. The number of rotatable bonds is 4. The molecule has 5 nitrogen and oxygen atoms in total. The molecule has 0 bridgehead atoms. The third kappa shape index (κ3) is 3.07. The van der Waals surface area contributed by atoms with Gasteiger partial charge in [-0.15, -0.1) is 0 Å². The molecule has 2 saturated heterocycles. The van der Waals surface area contributed by atoms with Gasteiger partial charge in [-0.1, -0.05) is 13.8 Å². The molecule has 2 rings (SSSR count). The van der Waals surface area contributed by atoms with Gasteiger partial charge in [0.15, 0.2) is 0 Å². The molecule has 2 heterocycles. The molecule has 2 amide bonds. The highest BCUT2D eigenvalue weighted by molar-refractivity contribution is 5.75. The molecule has 2 aliphatic heterocycles. The molecule has 0 aromatic rings. The lowest BCUT2D eigenvalue weighted by molar-refractivity contribution is -0.138. The zero-order valence-corrected chi connectivity index (χ0v) is 12.6. The summed E-state index contributed by atoms with van der Waals surface area (Å²) in [6.45, 7) is 7.43. The number of urea groups is 1. The van der Waals surface area contributed by atoms with E-state index in [4.69, 9.17) is 5.11 Å². The van der Waals surface area contributed by atoms with Crippen molar-refractivity contribution in [2.45, 2.75) is 46.0 Å². The summed E-state index contributed by atoms with van der Waals surface area (Å²) >= 11 is 0. The van der Waals surface area contributed by atoms with E-state index in [-0.39, 0.29) is 18.4 Å². The maximum atomic E-state index is 12.5. The first-order valence-electron chi connectivity index (χ1n) is 7.75. The van der Waals surface area contributed by atoms with Crippen LogP contribution in [0.1, 0.15) is 46.0 Å². The Labute approximate surface area is 120 Å². The molecule has 2 aliphatic rings. The van der Waals surface area contributed by atoms with Crippen molar-refractivity contribution in [2.24, 2.45) is 11.3 Å². The van der Waals surface area contributed by atoms with Crippen LogP contribution < -0.4 is 0 Å². The zero-order chi connectivity index (χ0) is 14.8. The predicted molar refractivity (Wildman–Crippen MR) is 76.5 cm³/mol. The van der Waals surface area contributed by atoms with Gasteiger partial charge in [-0.25, -0.2) is 4.79 Å². The Morgan fingerprint density at radius 1 is 1.20 bits per heavy atom. The highest BCUT2D eigenvalue weighted by Crippen LogP contribution is 2.37. The van der Waals surface area contributed by atoms with Crippen LogP contribution in [0.4, 0.5) is 4.79 Å². The molecule has 5 heteroatoms. The second kappa shape index (κ2) is 6.02. The zero-order valence-electron chi connectivity index (χ0n) is 12.6. The molecule has 1 N–H and O–H groups in total. The minimum Gasteiger partial charge on any atom is -0.481 e. The molecule has 0 radical (unpaired) electrons. The minimum absolute atomic E-state index is 0.113. The second-order valence-corrected chi connectivity index (χ2v) is 6.36. The van der Waals surface area contributed by atoms with Gasteiger partial charge in [0.05, 0.1) is 0 Å². The number of likely N-dealkylation sites (tertiary alicyclic amines) is 2. The van der Waals surface area contributed by atoms with Crippen LogP contribution in [0, 0.1) is 11.3 Å². The molecule has 0 aromatic heterocycles. The highest BCUT2D eigenvalue weighted by Gasteiger charge is 2.39. The van der Waals surface area contributed by atoms with Crippen molar-refractivity contribution >= 4 is 12.0 Å². The predicted octanol–water partition coefficient (Wildman–Crippen LogP) is 2.42. The Kier molecular flexibility index (Phi) is 4.55. The number of carboxylic acids is 1. The molecular weight excluding hydrogens is 256 g/mol. The quantitative estimate of drug-likeness (QED) is 0.861. The van der Waals surface area contributed by atoms with Crippen molar-refractivity contribution in [2.75, 3.05) is 26.2 Å². The van der Waals surface area contributed by atoms with Crippen LogP contribution in [-0.2, 0) is 4.79 Å². The third-order valence-electron chi connectivity index (χ3n) is 5.23. The third-order valence-corrected chi connectivity index (χ3v) is 5.23. The standard InChI is InChI=1S/C15H26N2O3/c1-3-15(4-2)6-8-17(11-15)14(20)16-7-5-12(10-16)9-13(18)19/h12H,3-11H2,1-2H3,(H,18,19). The van der Waals surface area contributed by atoms with Crippen molar-refractivity contribution in [1.29, 1.82) is 0 Å². The minimum atomic E-state index is -0.763. The maximum Gasteiger partial charge on any atom is 0.320 e. The van der Waals surface area contributed by atoms with E-state index in [0.717, 1.165) is 38.8 Å². The summed E-state index contributed by atoms with van der Waals surface area (Å²) in [5, 5.41) is 8.83. The van der Waals surface area contributed by atoms with E-state index in [0.29, 0.717) is 18.5 Å². The lowest BCUT2D eigenvalue weighted by atomic mass is 9.82. The maximum absolute atomic E-state index is 12.5. The van der Waals surface area contributed by atoms with E-state index < -0.39 is 5.97 Å². The monoisotopic (exact) mass is 282 g/mol. The lowest BCUT2D eigenvalue weighted by Crippen LogP contribution is -2.42. The van der Waals surface area contributed by atoms with Gasteiger partial charge >= 0.3 is 12.0 Å². The van der Waals surface area contributed by atoms with Crippen molar-refractivity contribution in [3.05, 3.63) is 0 Å². The molecule has 114 valence electrons. The molecule has 0 spiro atoms. The number of nitrogens with zero attached hydrogens (tertiary/aromatic N) is 2. The van der Waals surface area contributed by atoms with Gasteiger partial charge in [-0.05, 0) is 37.0 Å². The fourth-order valence-corrected chi connectivity index (χ4v) is 3.55. The summed E-state index contributed by atoms with van der Waals surface area (Å²) in [5.41, 5.74) is 0.301. The first kappa shape index (κ1) is 15.1. The smallest absolute Gasteiger partial charge is 0.320 e. The van der Waals surface area contributed by atoms with Crippen molar-refractivity contribution < 1.29 is 14.7 Å². The second-order valence-electron chi connectivity index (χ2n) is 6.36. The molecular formula is C15H26N2O3. The van der Waals surface area contributed by atoms with Gasteiger partial charge < -0.3 is 14.9 Å². The number of carbonyl (C=O) groups is 2. The first-order valence-corrected chi connectivity index (χ1v) is 7.75. The Hall–Kier alpha value is -1.26. The van der Waals surface area contributed by atoms with Gasteiger partial charge in [-0.2, -0.15) is 0 Å². The SMILES string of the molecule is CCC1(CC)CCN(C(=O)N2CCC(CC(=O)O)C2)C1. The average molecular weight is 282 g/mol. The number of hydrogen-bond donors (Lipinski definition) is 1. The van der Waals surface area contributed by atoms with Gasteiger partial charge in [0.2, 0.25) is 0 Å². The van der Waals surface area contributed by atoms with Crippen LogP contribution in [0.5, 0.6) is 0 Å². The van der Waals surface area contributed by atoms with E-state index in [9.17, 15) is 9.59 Å². The molecule has 1 atom stereocenters. The fraction of sp³-hybridized carbons (Fsp3) is 0.867. The molecule has 2 fully saturated rings. The number of hydrogen-bond acceptors (Lipinski definition) is 2. The van der Waals surface area contributed by atoms with Crippen LogP contribution in [0.3, 0.4) is 0 Å². The topological polar surface area (TPSA) is 60.9 Å². The number of aliphatic carboxylic acids is 1. The van der Waals surface area contributed by atoms with E-state index in [1.807, 2.05) is 9.80 Å².